The highest BCUT2D eigenvalue weighted by Crippen LogP contribution is 2.39. The zero-order valence-corrected chi connectivity index (χ0v) is 33.8. The van der Waals surface area contributed by atoms with Crippen molar-refractivity contribution in [3.63, 3.8) is 0 Å². The van der Waals surface area contributed by atoms with E-state index < -0.39 is 64.8 Å². The molecular weight excluding hydrogens is 809 g/mol. The maximum absolute atomic E-state index is 15.0. The Hall–Kier alpha value is -5.64. The Balaban J connectivity index is 1.57. The maximum Gasteiger partial charge on any atom is 0.410 e. The number of hydrogen-bond acceptors (Lipinski definition) is 9. The fraction of sp³-hybridized carbons (Fsp3) is 0.425. The Labute approximate surface area is 337 Å². The predicted molar refractivity (Wildman–Crippen MR) is 206 cm³/mol. The first kappa shape index (κ1) is 44.5. The molecule has 2 amide bonds. The van der Waals surface area contributed by atoms with Crippen molar-refractivity contribution >= 4 is 38.6 Å². The van der Waals surface area contributed by atoms with Crippen LogP contribution in [0.15, 0.2) is 65.8 Å². The SMILES string of the molecule is COc1ccc(CN(C(=O)c2cc(C#CCNc3ccc(S(C)(=O)=O)cc3OC)cc3c2ncn3CC(F)(F)F)[C@@H]2CCN(C(=O)OC(C)(C)C)C[C@H]2C(F)(F)F)cc1. The zero-order chi connectivity index (χ0) is 43.5. The average Bonchev–Trinajstić information content (AvgIpc) is 3.54. The van der Waals surface area contributed by atoms with E-state index in [0.717, 1.165) is 27.0 Å². The first-order valence-electron chi connectivity index (χ1n) is 18.1. The summed E-state index contributed by atoms with van der Waals surface area (Å²) < 4.78 is 127. The molecule has 0 saturated carbocycles. The summed E-state index contributed by atoms with van der Waals surface area (Å²) in [6.07, 6.45) is -8.92. The van der Waals surface area contributed by atoms with Crippen LogP contribution in [0.25, 0.3) is 11.0 Å². The number of hydrogen-bond donors (Lipinski definition) is 1. The van der Waals surface area contributed by atoms with Gasteiger partial charge in [0.1, 0.15) is 29.2 Å². The molecule has 59 heavy (non-hydrogen) atoms. The Bertz CT molecular complexity index is 2350. The number of nitrogens with one attached hydrogen (secondary N) is 1. The number of imidazole rings is 1. The van der Waals surface area contributed by atoms with Gasteiger partial charge in [-0.05, 0) is 69.2 Å². The van der Waals surface area contributed by atoms with Gasteiger partial charge in [0.15, 0.2) is 9.84 Å². The largest absolute Gasteiger partial charge is 0.497 e. The molecule has 0 aliphatic carbocycles. The van der Waals surface area contributed by atoms with Crippen LogP contribution in [-0.2, 0) is 27.7 Å². The highest BCUT2D eigenvalue weighted by atomic mass is 32.2. The van der Waals surface area contributed by atoms with E-state index in [9.17, 15) is 31.2 Å². The molecule has 0 bridgehead atoms. The molecule has 0 spiro atoms. The number of sulfone groups is 1. The van der Waals surface area contributed by atoms with E-state index in [-0.39, 0.29) is 58.9 Å². The molecule has 5 rings (SSSR count). The second-order valence-electron chi connectivity index (χ2n) is 14.9. The number of benzene rings is 3. The van der Waals surface area contributed by atoms with Crippen molar-refractivity contribution in [3.05, 3.63) is 77.6 Å². The van der Waals surface area contributed by atoms with Gasteiger partial charge in [-0.3, -0.25) is 4.79 Å². The molecule has 318 valence electrons. The van der Waals surface area contributed by atoms with E-state index in [1.54, 1.807) is 45.0 Å². The molecule has 1 saturated heterocycles. The molecule has 1 N–H and O–H groups in total. The third-order valence-electron chi connectivity index (χ3n) is 9.33. The van der Waals surface area contributed by atoms with Crippen LogP contribution in [0.1, 0.15) is 48.7 Å². The molecule has 3 aromatic carbocycles. The number of aromatic nitrogens is 2. The van der Waals surface area contributed by atoms with E-state index >= 15 is 13.2 Å². The van der Waals surface area contributed by atoms with Gasteiger partial charge in [0.25, 0.3) is 5.91 Å². The standard InChI is InChI=1S/C40H43F6N5O7S/c1-38(2,3)58-37(53)49-17-15-32(30(22-49)40(44,45)46)51(21-25-9-11-27(56-4)12-10-25)36(52)29-18-26(19-33-35(29)48-24-50(33)23-39(41,42)43)8-7-16-47-31-14-13-28(59(6,54)55)20-34(31)57-5/h9-14,18-20,24,30,32,47H,15-17,21-23H2,1-6H3/t30-,32-/m1/s1. The third kappa shape index (κ3) is 11.3. The number of rotatable bonds is 10. The number of methoxy groups -OCH3 is 2. The minimum atomic E-state index is -4.90. The molecule has 2 atom stereocenters. The third-order valence-corrected chi connectivity index (χ3v) is 10.4. The van der Waals surface area contributed by atoms with E-state index in [1.165, 1.54) is 44.6 Å². The van der Waals surface area contributed by atoms with Crippen molar-refractivity contribution in [1.82, 2.24) is 19.4 Å². The van der Waals surface area contributed by atoms with Gasteiger partial charge in [-0.2, -0.15) is 26.3 Å². The molecule has 1 aliphatic heterocycles. The van der Waals surface area contributed by atoms with E-state index in [1.807, 2.05) is 0 Å². The Morgan fingerprint density at radius 2 is 1.68 bits per heavy atom. The number of alkyl halides is 6. The number of anilines is 1. The normalized spacial score (nSPS) is 16.2. The van der Waals surface area contributed by atoms with Gasteiger partial charge < -0.3 is 33.9 Å². The number of ether oxygens (including phenoxy) is 3. The quantitative estimate of drug-likeness (QED) is 0.129. The fourth-order valence-corrected chi connectivity index (χ4v) is 7.24. The number of amides is 2. The lowest BCUT2D eigenvalue weighted by Crippen LogP contribution is -2.58. The molecule has 0 unspecified atom stereocenters. The summed E-state index contributed by atoms with van der Waals surface area (Å²) in [4.78, 5) is 33.9. The Morgan fingerprint density at radius 3 is 2.27 bits per heavy atom. The van der Waals surface area contributed by atoms with Crippen LogP contribution < -0.4 is 14.8 Å². The van der Waals surface area contributed by atoms with Crippen LogP contribution in [0.2, 0.25) is 0 Å². The van der Waals surface area contributed by atoms with Crippen molar-refractivity contribution in [3.8, 4) is 23.3 Å². The van der Waals surface area contributed by atoms with Crippen molar-refractivity contribution in [2.24, 2.45) is 5.92 Å². The van der Waals surface area contributed by atoms with Crippen LogP contribution in [0.4, 0.5) is 36.8 Å². The van der Waals surface area contributed by atoms with Gasteiger partial charge in [0, 0.05) is 43.6 Å². The summed E-state index contributed by atoms with van der Waals surface area (Å²) in [6.45, 7) is 1.84. The second kappa shape index (κ2) is 17.3. The summed E-state index contributed by atoms with van der Waals surface area (Å²) in [6, 6.07) is 11.5. The van der Waals surface area contributed by atoms with Crippen molar-refractivity contribution in [1.29, 1.82) is 0 Å². The van der Waals surface area contributed by atoms with Gasteiger partial charge >= 0.3 is 18.4 Å². The summed E-state index contributed by atoms with van der Waals surface area (Å²) >= 11 is 0. The van der Waals surface area contributed by atoms with Gasteiger partial charge in [-0.25, -0.2) is 18.2 Å². The summed E-state index contributed by atoms with van der Waals surface area (Å²) in [5.74, 6) is 3.09. The lowest BCUT2D eigenvalue weighted by Gasteiger charge is -2.44. The van der Waals surface area contributed by atoms with E-state index in [4.69, 9.17) is 14.2 Å². The monoisotopic (exact) mass is 851 g/mol. The smallest absolute Gasteiger partial charge is 0.410 e. The van der Waals surface area contributed by atoms with E-state index in [0.29, 0.717) is 17.0 Å². The topological polar surface area (TPSA) is 132 Å². The molecule has 1 aliphatic rings. The lowest BCUT2D eigenvalue weighted by atomic mass is 9.89. The number of carbonyl (C=O) groups is 2. The summed E-state index contributed by atoms with van der Waals surface area (Å²) in [7, 11) is -0.761. The Kier molecular flexibility index (Phi) is 13.0. The van der Waals surface area contributed by atoms with Gasteiger partial charge in [-0.1, -0.05) is 24.0 Å². The highest BCUT2D eigenvalue weighted by Gasteiger charge is 2.51. The number of nitrogens with zero attached hydrogens (tertiary/aromatic N) is 4. The maximum atomic E-state index is 15.0. The molecule has 4 aromatic rings. The fourth-order valence-electron chi connectivity index (χ4n) is 6.60. The van der Waals surface area contributed by atoms with Crippen molar-refractivity contribution in [2.75, 3.05) is 45.4 Å². The molecular formula is C40H43F6N5O7S. The molecule has 1 aromatic heterocycles. The molecule has 19 heteroatoms. The number of carbonyl (C=O) groups excluding carboxylic acids is 2. The van der Waals surface area contributed by atoms with Crippen molar-refractivity contribution < 1.29 is 58.6 Å². The molecule has 2 heterocycles. The predicted octanol–water partition coefficient (Wildman–Crippen LogP) is 7.31. The van der Waals surface area contributed by atoms with Crippen LogP contribution in [0.5, 0.6) is 11.5 Å². The van der Waals surface area contributed by atoms with Crippen LogP contribution in [0, 0.1) is 17.8 Å². The second-order valence-corrected chi connectivity index (χ2v) is 16.9. The molecule has 0 radical (unpaired) electrons. The number of halogens is 6. The summed E-state index contributed by atoms with van der Waals surface area (Å²) in [5.41, 5.74) is -0.731. The Morgan fingerprint density at radius 1 is 0.983 bits per heavy atom. The molecule has 1 fully saturated rings. The van der Waals surface area contributed by atoms with Gasteiger partial charge in [-0.15, -0.1) is 0 Å². The van der Waals surface area contributed by atoms with Crippen LogP contribution >= 0.6 is 0 Å². The van der Waals surface area contributed by atoms with Crippen molar-refractivity contribution in [2.45, 2.75) is 69.2 Å². The highest BCUT2D eigenvalue weighted by molar-refractivity contribution is 7.90. The lowest BCUT2D eigenvalue weighted by molar-refractivity contribution is -0.200. The number of fused-ring (bicyclic) bond motifs is 1. The minimum absolute atomic E-state index is 0.0168. The van der Waals surface area contributed by atoms with Crippen LogP contribution in [-0.4, -0.2) is 104 Å². The molecule has 12 nitrogen and oxygen atoms in total. The number of piperidine rings is 1. The number of likely N-dealkylation sites (tertiary alicyclic amines) is 1. The van der Waals surface area contributed by atoms with Crippen LogP contribution in [0.3, 0.4) is 0 Å². The zero-order valence-electron chi connectivity index (χ0n) is 33.0. The van der Waals surface area contributed by atoms with Gasteiger partial charge in [0.2, 0.25) is 0 Å². The first-order chi connectivity index (χ1) is 27.5. The first-order valence-corrected chi connectivity index (χ1v) is 20.0. The van der Waals surface area contributed by atoms with E-state index in [2.05, 4.69) is 22.1 Å². The summed E-state index contributed by atoms with van der Waals surface area (Å²) in [5, 5.41) is 2.98. The minimum Gasteiger partial charge on any atom is -0.497 e. The van der Waals surface area contributed by atoms with Gasteiger partial charge in [0.05, 0.1) is 54.7 Å². The average molecular weight is 852 g/mol.